The van der Waals surface area contributed by atoms with Crippen LogP contribution >= 0.6 is 15.9 Å². The van der Waals surface area contributed by atoms with Crippen LogP contribution < -0.4 is 15.4 Å². The van der Waals surface area contributed by atoms with E-state index < -0.39 is 0 Å². The minimum Gasteiger partial charge on any atom is -0.492 e. The van der Waals surface area contributed by atoms with Gasteiger partial charge in [0.1, 0.15) is 12.4 Å². The molecule has 0 spiro atoms. The molecule has 1 heterocycles. The van der Waals surface area contributed by atoms with Crippen molar-refractivity contribution in [3.8, 4) is 5.75 Å². The van der Waals surface area contributed by atoms with Crippen molar-refractivity contribution in [2.45, 2.75) is 12.8 Å². The van der Waals surface area contributed by atoms with Crippen molar-refractivity contribution < 1.29 is 4.74 Å². The van der Waals surface area contributed by atoms with Crippen molar-refractivity contribution in [2.24, 2.45) is 0 Å². The second kappa shape index (κ2) is 6.39. The van der Waals surface area contributed by atoms with E-state index in [1.807, 2.05) is 30.3 Å². The monoisotopic (exact) mass is 346 g/mol. The Morgan fingerprint density at radius 3 is 2.76 bits per heavy atom. The number of nitrogen functional groups attached to an aromatic ring is 1. The first-order chi connectivity index (χ1) is 10.2. The van der Waals surface area contributed by atoms with Crippen LogP contribution in [0.25, 0.3) is 0 Å². The van der Waals surface area contributed by atoms with Gasteiger partial charge in [0, 0.05) is 22.4 Å². The standard InChI is InChI=1S/C17H19BrN2O/c18-14-4-7-16(8-5-14)21-11-10-20-9-1-2-13-3-6-15(19)12-17(13)20/h3-8,12H,1-2,9-11,19H2. The predicted molar refractivity (Wildman–Crippen MR) is 91.0 cm³/mol. The molecule has 0 saturated heterocycles. The van der Waals surface area contributed by atoms with E-state index in [0.717, 1.165) is 35.4 Å². The summed E-state index contributed by atoms with van der Waals surface area (Å²) in [6, 6.07) is 14.2. The summed E-state index contributed by atoms with van der Waals surface area (Å²) >= 11 is 3.43. The molecule has 0 saturated carbocycles. The van der Waals surface area contributed by atoms with E-state index in [-0.39, 0.29) is 0 Å². The van der Waals surface area contributed by atoms with Crippen molar-refractivity contribution in [2.75, 3.05) is 30.3 Å². The van der Waals surface area contributed by atoms with E-state index in [0.29, 0.717) is 6.61 Å². The maximum Gasteiger partial charge on any atom is 0.119 e. The molecule has 21 heavy (non-hydrogen) atoms. The van der Waals surface area contributed by atoms with Crippen molar-refractivity contribution in [3.05, 3.63) is 52.5 Å². The molecule has 2 N–H and O–H groups in total. The number of fused-ring (bicyclic) bond motifs is 1. The van der Waals surface area contributed by atoms with Gasteiger partial charge in [0.15, 0.2) is 0 Å². The number of benzene rings is 2. The molecule has 110 valence electrons. The second-order valence-electron chi connectivity index (χ2n) is 5.28. The van der Waals surface area contributed by atoms with E-state index in [4.69, 9.17) is 10.5 Å². The summed E-state index contributed by atoms with van der Waals surface area (Å²) in [4.78, 5) is 2.37. The molecule has 0 radical (unpaired) electrons. The lowest BCUT2D eigenvalue weighted by Crippen LogP contribution is -2.33. The van der Waals surface area contributed by atoms with Gasteiger partial charge < -0.3 is 15.4 Å². The first-order valence-corrected chi connectivity index (χ1v) is 8.03. The molecule has 0 bridgehead atoms. The average molecular weight is 347 g/mol. The zero-order chi connectivity index (χ0) is 14.7. The topological polar surface area (TPSA) is 38.5 Å². The van der Waals surface area contributed by atoms with Crippen LogP contribution in [0.1, 0.15) is 12.0 Å². The molecule has 0 aliphatic carbocycles. The largest absolute Gasteiger partial charge is 0.492 e. The summed E-state index contributed by atoms with van der Waals surface area (Å²) in [5.41, 5.74) is 9.40. The van der Waals surface area contributed by atoms with Gasteiger partial charge in [0.25, 0.3) is 0 Å². The second-order valence-corrected chi connectivity index (χ2v) is 6.20. The Bertz CT molecular complexity index is 613. The Balaban J connectivity index is 1.61. The van der Waals surface area contributed by atoms with Gasteiger partial charge in [-0.2, -0.15) is 0 Å². The predicted octanol–water partition coefficient (Wildman–Crippen LogP) is 3.86. The molecule has 0 atom stereocenters. The summed E-state index contributed by atoms with van der Waals surface area (Å²) in [5.74, 6) is 0.906. The summed E-state index contributed by atoms with van der Waals surface area (Å²) in [6.07, 6.45) is 2.33. The van der Waals surface area contributed by atoms with E-state index in [9.17, 15) is 0 Å². The Morgan fingerprint density at radius 1 is 1.14 bits per heavy atom. The molecule has 0 unspecified atom stereocenters. The summed E-state index contributed by atoms with van der Waals surface area (Å²) in [7, 11) is 0. The van der Waals surface area contributed by atoms with Crippen molar-refractivity contribution >= 4 is 27.3 Å². The fraction of sp³-hybridized carbons (Fsp3) is 0.294. The quantitative estimate of drug-likeness (QED) is 0.854. The van der Waals surface area contributed by atoms with E-state index >= 15 is 0 Å². The lowest BCUT2D eigenvalue weighted by atomic mass is 10.0. The minimum atomic E-state index is 0.676. The SMILES string of the molecule is Nc1ccc2c(c1)N(CCOc1ccc(Br)cc1)CCC2. The number of hydrogen-bond donors (Lipinski definition) is 1. The van der Waals surface area contributed by atoms with Crippen LogP contribution in [0, 0.1) is 0 Å². The molecule has 1 aliphatic rings. The molecule has 2 aromatic carbocycles. The Morgan fingerprint density at radius 2 is 1.95 bits per heavy atom. The van der Waals surface area contributed by atoms with E-state index in [2.05, 4.69) is 33.0 Å². The number of rotatable bonds is 4. The highest BCUT2D eigenvalue weighted by Gasteiger charge is 2.16. The summed E-state index contributed by atoms with van der Waals surface area (Å²) < 4.78 is 6.88. The van der Waals surface area contributed by atoms with Crippen LogP contribution in [0.3, 0.4) is 0 Å². The van der Waals surface area contributed by atoms with E-state index in [1.165, 1.54) is 17.7 Å². The highest BCUT2D eigenvalue weighted by molar-refractivity contribution is 9.10. The van der Waals surface area contributed by atoms with Crippen LogP contribution in [0.5, 0.6) is 5.75 Å². The van der Waals surface area contributed by atoms with Gasteiger partial charge in [-0.1, -0.05) is 22.0 Å². The third-order valence-electron chi connectivity index (χ3n) is 3.77. The fourth-order valence-corrected chi connectivity index (χ4v) is 2.97. The molecule has 0 aromatic heterocycles. The number of anilines is 2. The zero-order valence-corrected chi connectivity index (χ0v) is 13.5. The summed E-state index contributed by atoms with van der Waals surface area (Å²) in [5, 5.41) is 0. The van der Waals surface area contributed by atoms with Gasteiger partial charge in [-0.25, -0.2) is 0 Å². The molecule has 3 rings (SSSR count). The number of ether oxygens (including phenoxy) is 1. The average Bonchev–Trinajstić information content (AvgIpc) is 2.50. The minimum absolute atomic E-state index is 0.676. The number of halogens is 1. The van der Waals surface area contributed by atoms with Gasteiger partial charge >= 0.3 is 0 Å². The smallest absolute Gasteiger partial charge is 0.119 e. The number of aryl methyl sites for hydroxylation is 1. The van der Waals surface area contributed by atoms with Crippen molar-refractivity contribution in [1.29, 1.82) is 0 Å². The maximum atomic E-state index is 5.92. The molecule has 3 nitrogen and oxygen atoms in total. The summed E-state index contributed by atoms with van der Waals surface area (Å²) in [6.45, 7) is 2.63. The third kappa shape index (κ3) is 3.50. The Hall–Kier alpha value is -1.68. The molecular weight excluding hydrogens is 328 g/mol. The molecule has 4 heteroatoms. The lowest BCUT2D eigenvalue weighted by Gasteiger charge is -2.31. The van der Waals surface area contributed by atoms with Crippen molar-refractivity contribution in [3.63, 3.8) is 0 Å². The highest BCUT2D eigenvalue weighted by atomic mass is 79.9. The Kier molecular flexibility index (Phi) is 4.34. The third-order valence-corrected chi connectivity index (χ3v) is 4.30. The van der Waals surface area contributed by atoms with Gasteiger partial charge in [0.05, 0.1) is 6.54 Å². The van der Waals surface area contributed by atoms with Crippen LogP contribution in [-0.2, 0) is 6.42 Å². The molecular formula is C17H19BrN2O. The molecule has 1 aliphatic heterocycles. The van der Waals surface area contributed by atoms with Gasteiger partial charge in [-0.15, -0.1) is 0 Å². The van der Waals surface area contributed by atoms with Gasteiger partial charge in [-0.3, -0.25) is 0 Å². The lowest BCUT2D eigenvalue weighted by molar-refractivity contribution is 0.322. The number of nitrogens with zero attached hydrogens (tertiary/aromatic N) is 1. The number of hydrogen-bond acceptors (Lipinski definition) is 3. The Labute approximate surface area is 133 Å². The van der Waals surface area contributed by atoms with Crippen LogP contribution in [0.4, 0.5) is 11.4 Å². The van der Waals surface area contributed by atoms with Gasteiger partial charge in [-0.05, 0) is 54.8 Å². The normalized spacial score (nSPS) is 13.9. The number of nitrogens with two attached hydrogens (primary N) is 1. The first kappa shape index (κ1) is 14.3. The zero-order valence-electron chi connectivity index (χ0n) is 11.9. The van der Waals surface area contributed by atoms with Crippen LogP contribution in [-0.4, -0.2) is 19.7 Å². The first-order valence-electron chi connectivity index (χ1n) is 7.24. The maximum absolute atomic E-state index is 5.92. The highest BCUT2D eigenvalue weighted by Crippen LogP contribution is 2.28. The fourth-order valence-electron chi connectivity index (χ4n) is 2.70. The molecule has 2 aromatic rings. The van der Waals surface area contributed by atoms with Crippen molar-refractivity contribution in [1.82, 2.24) is 0 Å². The van der Waals surface area contributed by atoms with Crippen LogP contribution in [0.15, 0.2) is 46.9 Å². The van der Waals surface area contributed by atoms with Crippen LogP contribution in [0.2, 0.25) is 0 Å². The molecule has 0 amide bonds. The van der Waals surface area contributed by atoms with Gasteiger partial charge in [0.2, 0.25) is 0 Å². The molecule has 0 fully saturated rings. The van der Waals surface area contributed by atoms with E-state index in [1.54, 1.807) is 0 Å².